The molecular formula is C3H4BF3NO2. The van der Waals surface area contributed by atoms with Crippen LogP contribution in [0.5, 0.6) is 0 Å². The molecule has 10 heavy (non-hydrogen) atoms. The molecule has 3 radical (unpaired) electrons. The summed E-state index contributed by atoms with van der Waals surface area (Å²) in [6.07, 6.45) is -5.91. The number of ether oxygens (including phenoxy) is 1. The molecule has 0 atom stereocenters. The van der Waals surface area contributed by atoms with Crippen LogP contribution >= 0.6 is 0 Å². The van der Waals surface area contributed by atoms with Crippen LogP contribution in [0.15, 0.2) is 0 Å². The van der Waals surface area contributed by atoms with Crippen LogP contribution in [0, 0.1) is 0 Å². The van der Waals surface area contributed by atoms with Crippen molar-refractivity contribution in [1.82, 2.24) is 0 Å². The van der Waals surface area contributed by atoms with Crippen LogP contribution in [0.25, 0.3) is 0 Å². The summed E-state index contributed by atoms with van der Waals surface area (Å²) in [6.45, 7) is -1.62. The van der Waals surface area contributed by atoms with Gasteiger partial charge in [-0.3, -0.25) is 0 Å². The largest absolute Gasteiger partial charge is 0.440 e. The second-order valence-corrected chi connectivity index (χ2v) is 1.22. The third-order valence-corrected chi connectivity index (χ3v) is 0.378. The Kier molecular flexibility index (Phi) is 4.77. The molecule has 0 aliphatic carbocycles. The van der Waals surface area contributed by atoms with E-state index in [-0.39, 0.29) is 8.41 Å². The van der Waals surface area contributed by atoms with Crippen molar-refractivity contribution < 1.29 is 22.7 Å². The van der Waals surface area contributed by atoms with E-state index in [1.165, 1.54) is 0 Å². The lowest BCUT2D eigenvalue weighted by atomic mass is 10.7. The highest BCUT2D eigenvalue weighted by molar-refractivity contribution is 5.75. The van der Waals surface area contributed by atoms with Gasteiger partial charge in [-0.15, -0.1) is 0 Å². The SMILES string of the molecule is NC(=O)OCC(F)(F)F.[B]. The van der Waals surface area contributed by atoms with Gasteiger partial charge < -0.3 is 10.5 Å². The second-order valence-electron chi connectivity index (χ2n) is 1.22. The summed E-state index contributed by atoms with van der Waals surface area (Å²) < 4.78 is 36.7. The molecule has 0 rings (SSSR count). The molecule has 7 heteroatoms. The van der Waals surface area contributed by atoms with E-state index >= 15 is 0 Å². The quantitative estimate of drug-likeness (QED) is 0.550. The first-order valence-electron chi connectivity index (χ1n) is 1.91. The second kappa shape index (κ2) is 4.02. The summed E-state index contributed by atoms with van der Waals surface area (Å²) in [6, 6.07) is 0. The van der Waals surface area contributed by atoms with Crippen LogP contribution in [-0.4, -0.2) is 27.3 Å². The predicted molar refractivity (Wildman–Crippen MR) is 27.3 cm³/mol. The first kappa shape index (κ1) is 11.9. The summed E-state index contributed by atoms with van der Waals surface area (Å²) >= 11 is 0. The number of amides is 1. The van der Waals surface area contributed by atoms with Crippen molar-refractivity contribution in [2.75, 3.05) is 6.61 Å². The van der Waals surface area contributed by atoms with Gasteiger partial charge in [0.05, 0.1) is 0 Å². The maximum atomic E-state index is 11.1. The smallest absolute Gasteiger partial charge is 0.422 e. The predicted octanol–water partition coefficient (Wildman–Crippen LogP) is 0.263. The Balaban J connectivity index is 0. The Morgan fingerprint density at radius 3 is 2.00 bits per heavy atom. The normalized spacial score (nSPS) is 9.90. The highest BCUT2D eigenvalue weighted by Gasteiger charge is 2.28. The van der Waals surface area contributed by atoms with Gasteiger partial charge >= 0.3 is 12.3 Å². The van der Waals surface area contributed by atoms with E-state index in [2.05, 4.69) is 10.5 Å². The fourth-order valence-electron chi connectivity index (χ4n) is 0.153. The van der Waals surface area contributed by atoms with Gasteiger partial charge in [0.1, 0.15) is 0 Å². The van der Waals surface area contributed by atoms with Gasteiger partial charge in [-0.2, -0.15) is 13.2 Å². The minimum atomic E-state index is -4.49. The molecule has 3 nitrogen and oxygen atoms in total. The molecule has 0 heterocycles. The van der Waals surface area contributed by atoms with Gasteiger partial charge in [0.2, 0.25) is 0 Å². The molecule has 0 saturated heterocycles. The minimum Gasteiger partial charge on any atom is -0.440 e. The van der Waals surface area contributed by atoms with E-state index in [1.54, 1.807) is 0 Å². The van der Waals surface area contributed by atoms with Crippen molar-refractivity contribution in [3.8, 4) is 0 Å². The molecule has 0 saturated carbocycles. The van der Waals surface area contributed by atoms with Crippen molar-refractivity contribution in [2.24, 2.45) is 5.73 Å². The van der Waals surface area contributed by atoms with Crippen LogP contribution in [0.4, 0.5) is 18.0 Å². The van der Waals surface area contributed by atoms with Crippen molar-refractivity contribution in [3.05, 3.63) is 0 Å². The number of hydrogen-bond acceptors (Lipinski definition) is 2. The molecule has 0 spiro atoms. The van der Waals surface area contributed by atoms with E-state index in [9.17, 15) is 18.0 Å². The summed E-state index contributed by atoms with van der Waals surface area (Å²) in [5.41, 5.74) is 4.24. The van der Waals surface area contributed by atoms with Gasteiger partial charge in [-0.05, 0) is 0 Å². The Labute approximate surface area is 56.9 Å². The molecule has 0 fully saturated rings. The van der Waals surface area contributed by atoms with Crippen molar-refractivity contribution in [3.63, 3.8) is 0 Å². The lowest BCUT2D eigenvalue weighted by Crippen LogP contribution is -2.23. The molecule has 0 aromatic heterocycles. The number of halogens is 3. The van der Waals surface area contributed by atoms with Crippen molar-refractivity contribution >= 4 is 14.5 Å². The minimum absolute atomic E-state index is 0. The number of carbonyl (C=O) groups is 1. The molecular weight excluding hydrogens is 150 g/mol. The Morgan fingerprint density at radius 2 is 1.90 bits per heavy atom. The van der Waals surface area contributed by atoms with Gasteiger partial charge in [0.25, 0.3) is 0 Å². The van der Waals surface area contributed by atoms with Crippen LogP contribution in [0.2, 0.25) is 0 Å². The van der Waals surface area contributed by atoms with Crippen LogP contribution in [0.1, 0.15) is 0 Å². The maximum absolute atomic E-state index is 11.1. The van der Waals surface area contributed by atoms with Crippen LogP contribution in [-0.2, 0) is 4.74 Å². The Bertz CT molecular complexity index is 115. The first-order valence-corrected chi connectivity index (χ1v) is 1.91. The maximum Gasteiger partial charge on any atom is 0.422 e. The summed E-state index contributed by atoms with van der Waals surface area (Å²) in [5.74, 6) is 0. The van der Waals surface area contributed by atoms with Crippen molar-refractivity contribution in [2.45, 2.75) is 6.18 Å². The number of alkyl halides is 3. The fraction of sp³-hybridized carbons (Fsp3) is 0.667. The standard InChI is InChI=1S/C3H4F3NO2.B/c4-3(5,6)1-9-2(7)8;/h1H2,(H2,7,8);. The van der Waals surface area contributed by atoms with E-state index in [4.69, 9.17) is 0 Å². The van der Waals surface area contributed by atoms with Gasteiger partial charge in [0, 0.05) is 8.41 Å². The number of rotatable bonds is 1. The zero-order valence-electron chi connectivity index (χ0n) is 4.81. The van der Waals surface area contributed by atoms with Gasteiger partial charge in [-0.1, -0.05) is 0 Å². The zero-order chi connectivity index (χ0) is 7.49. The van der Waals surface area contributed by atoms with Gasteiger partial charge in [0.15, 0.2) is 6.61 Å². The number of carbonyl (C=O) groups excluding carboxylic acids is 1. The molecule has 2 N–H and O–H groups in total. The Hall–Kier alpha value is -0.875. The summed E-state index contributed by atoms with van der Waals surface area (Å²) in [4.78, 5) is 9.55. The molecule has 0 aliphatic heterocycles. The molecule has 0 aromatic carbocycles. The molecule has 0 bridgehead atoms. The van der Waals surface area contributed by atoms with E-state index in [0.717, 1.165) is 0 Å². The van der Waals surface area contributed by atoms with Crippen LogP contribution < -0.4 is 5.73 Å². The monoisotopic (exact) mass is 154 g/mol. The molecule has 0 aliphatic rings. The fourth-order valence-corrected chi connectivity index (χ4v) is 0.153. The van der Waals surface area contributed by atoms with Gasteiger partial charge in [-0.25, -0.2) is 4.79 Å². The molecule has 1 amide bonds. The first-order chi connectivity index (χ1) is 3.92. The highest BCUT2D eigenvalue weighted by atomic mass is 19.4. The lowest BCUT2D eigenvalue weighted by molar-refractivity contribution is -0.159. The molecule has 0 aromatic rings. The average Bonchev–Trinajstić information content (AvgIpc) is 1.59. The average molecular weight is 154 g/mol. The van der Waals surface area contributed by atoms with E-state index < -0.39 is 18.9 Å². The lowest BCUT2D eigenvalue weighted by Gasteiger charge is -2.03. The van der Waals surface area contributed by atoms with E-state index in [1.807, 2.05) is 0 Å². The summed E-state index contributed by atoms with van der Waals surface area (Å²) in [5, 5.41) is 0. The number of primary amides is 1. The number of hydrogen-bond donors (Lipinski definition) is 1. The molecule has 0 unspecified atom stereocenters. The highest BCUT2D eigenvalue weighted by Crippen LogP contribution is 2.13. The van der Waals surface area contributed by atoms with Crippen LogP contribution in [0.3, 0.4) is 0 Å². The van der Waals surface area contributed by atoms with E-state index in [0.29, 0.717) is 0 Å². The summed E-state index contributed by atoms with van der Waals surface area (Å²) in [7, 11) is 0. The third-order valence-electron chi connectivity index (χ3n) is 0.378. The molecule has 57 valence electrons. The third kappa shape index (κ3) is 10.2. The number of nitrogens with two attached hydrogens (primary N) is 1. The topological polar surface area (TPSA) is 52.3 Å². The van der Waals surface area contributed by atoms with Crippen molar-refractivity contribution in [1.29, 1.82) is 0 Å². The Morgan fingerprint density at radius 1 is 1.50 bits per heavy atom. The zero-order valence-corrected chi connectivity index (χ0v) is 4.81.